The Balaban J connectivity index is 1.27. The third-order valence-corrected chi connectivity index (χ3v) is 6.16. The number of anilines is 1. The largest absolute Gasteiger partial charge is 0.383 e. The monoisotopic (exact) mass is 368 g/mol. The highest BCUT2D eigenvalue weighted by molar-refractivity contribution is 5.92. The van der Waals surface area contributed by atoms with Crippen molar-refractivity contribution in [3.05, 3.63) is 36.5 Å². The molecule has 0 atom stereocenters. The third-order valence-electron chi connectivity index (χ3n) is 6.16. The number of fused-ring (bicyclic) bond motifs is 1. The van der Waals surface area contributed by atoms with E-state index in [1.807, 2.05) is 6.20 Å². The van der Waals surface area contributed by atoms with Crippen LogP contribution < -0.4 is 4.90 Å². The zero-order valence-electron chi connectivity index (χ0n) is 16.5. The average molecular weight is 369 g/mol. The van der Waals surface area contributed by atoms with Gasteiger partial charge in [0.2, 0.25) is 0 Å². The molecule has 2 aliphatic rings. The number of piperazine rings is 1. The molecule has 0 radical (unpaired) electrons. The van der Waals surface area contributed by atoms with E-state index in [2.05, 4.69) is 45.0 Å². The average Bonchev–Trinajstić information content (AvgIpc) is 2.73. The van der Waals surface area contributed by atoms with Crippen LogP contribution in [0.2, 0.25) is 0 Å². The van der Waals surface area contributed by atoms with E-state index in [9.17, 15) is 0 Å². The van der Waals surface area contributed by atoms with Crippen molar-refractivity contribution >= 4 is 16.6 Å². The molecule has 0 unspecified atom stereocenters. The standard InChI is InChI=1S/C22H32N4O/c1-27-17-16-24-10-7-19(8-11-24)18-25-12-14-26(15-13-25)22-21-5-3-2-4-20(21)6-9-23-22/h2-6,9,19H,7-8,10-18H2,1H3. The molecule has 0 saturated carbocycles. The van der Waals surface area contributed by atoms with Crippen LogP contribution in [-0.2, 0) is 4.74 Å². The second-order valence-electron chi connectivity index (χ2n) is 7.92. The number of methoxy groups -OCH3 is 1. The van der Waals surface area contributed by atoms with Gasteiger partial charge in [0, 0.05) is 58.0 Å². The van der Waals surface area contributed by atoms with Crippen LogP contribution in [-0.4, -0.2) is 80.9 Å². The van der Waals surface area contributed by atoms with Crippen molar-refractivity contribution in [3.8, 4) is 0 Å². The van der Waals surface area contributed by atoms with E-state index in [-0.39, 0.29) is 0 Å². The van der Waals surface area contributed by atoms with Gasteiger partial charge in [-0.05, 0) is 43.3 Å². The second-order valence-corrected chi connectivity index (χ2v) is 7.92. The van der Waals surface area contributed by atoms with Gasteiger partial charge in [-0.3, -0.25) is 4.90 Å². The highest BCUT2D eigenvalue weighted by Gasteiger charge is 2.24. The molecule has 0 N–H and O–H groups in total. The number of aromatic nitrogens is 1. The number of hydrogen-bond donors (Lipinski definition) is 0. The lowest BCUT2D eigenvalue weighted by Crippen LogP contribution is -2.49. The normalized spacial score (nSPS) is 20.4. The zero-order chi connectivity index (χ0) is 18.5. The number of hydrogen-bond acceptors (Lipinski definition) is 5. The van der Waals surface area contributed by atoms with Gasteiger partial charge >= 0.3 is 0 Å². The summed E-state index contributed by atoms with van der Waals surface area (Å²) < 4.78 is 5.21. The topological polar surface area (TPSA) is 31.8 Å². The van der Waals surface area contributed by atoms with Crippen LogP contribution in [0.3, 0.4) is 0 Å². The number of benzene rings is 1. The molecular formula is C22H32N4O. The van der Waals surface area contributed by atoms with Gasteiger partial charge in [-0.25, -0.2) is 4.98 Å². The van der Waals surface area contributed by atoms with Gasteiger partial charge in [0.15, 0.2) is 0 Å². The Morgan fingerprint density at radius 1 is 0.963 bits per heavy atom. The number of piperidine rings is 1. The van der Waals surface area contributed by atoms with Crippen molar-refractivity contribution in [2.75, 3.05) is 71.0 Å². The van der Waals surface area contributed by atoms with Crippen LogP contribution >= 0.6 is 0 Å². The van der Waals surface area contributed by atoms with Gasteiger partial charge in [-0.2, -0.15) is 0 Å². The predicted molar refractivity (Wildman–Crippen MR) is 111 cm³/mol. The third kappa shape index (κ3) is 4.60. The Hall–Kier alpha value is -1.69. The lowest BCUT2D eigenvalue weighted by atomic mass is 9.96. The van der Waals surface area contributed by atoms with Crippen LogP contribution in [0.5, 0.6) is 0 Å². The minimum Gasteiger partial charge on any atom is -0.383 e. The number of nitrogens with zero attached hydrogens (tertiary/aromatic N) is 4. The highest BCUT2D eigenvalue weighted by atomic mass is 16.5. The molecule has 5 nitrogen and oxygen atoms in total. The van der Waals surface area contributed by atoms with Crippen molar-refractivity contribution in [2.24, 2.45) is 5.92 Å². The molecule has 0 aliphatic carbocycles. The Kier molecular flexibility index (Phi) is 6.22. The van der Waals surface area contributed by atoms with E-state index in [1.165, 1.54) is 43.2 Å². The molecule has 0 spiro atoms. The molecule has 4 rings (SSSR count). The molecule has 3 heterocycles. The smallest absolute Gasteiger partial charge is 0.136 e. The molecule has 5 heteroatoms. The summed E-state index contributed by atoms with van der Waals surface area (Å²) in [6.07, 6.45) is 4.60. The van der Waals surface area contributed by atoms with Crippen LogP contribution in [0, 0.1) is 5.92 Å². The maximum absolute atomic E-state index is 5.21. The Labute approximate surface area is 162 Å². The molecule has 2 fully saturated rings. The molecule has 2 saturated heterocycles. The molecule has 27 heavy (non-hydrogen) atoms. The molecule has 0 bridgehead atoms. The Bertz CT molecular complexity index is 716. The summed E-state index contributed by atoms with van der Waals surface area (Å²) >= 11 is 0. The summed E-state index contributed by atoms with van der Waals surface area (Å²) in [6.45, 7) is 10.1. The van der Waals surface area contributed by atoms with Gasteiger partial charge in [-0.1, -0.05) is 24.3 Å². The maximum atomic E-state index is 5.21. The molecule has 2 aliphatic heterocycles. The minimum absolute atomic E-state index is 0.853. The van der Waals surface area contributed by atoms with Gasteiger partial charge < -0.3 is 14.5 Å². The first kappa shape index (κ1) is 18.7. The summed E-state index contributed by atoms with van der Waals surface area (Å²) in [6, 6.07) is 10.7. The molecule has 2 aromatic rings. The van der Waals surface area contributed by atoms with Crippen molar-refractivity contribution in [2.45, 2.75) is 12.8 Å². The number of rotatable bonds is 6. The minimum atomic E-state index is 0.853. The fourth-order valence-corrected chi connectivity index (χ4v) is 4.48. The quantitative estimate of drug-likeness (QED) is 0.783. The molecule has 146 valence electrons. The van der Waals surface area contributed by atoms with Crippen molar-refractivity contribution in [1.29, 1.82) is 0 Å². The molecule has 1 aromatic carbocycles. The van der Waals surface area contributed by atoms with Crippen LogP contribution in [0.4, 0.5) is 5.82 Å². The first-order valence-electron chi connectivity index (χ1n) is 10.4. The fourth-order valence-electron chi connectivity index (χ4n) is 4.48. The van der Waals surface area contributed by atoms with Crippen molar-refractivity contribution < 1.29 is 4.74 Å². The number of pyridine rings is 1. The van der Waals surface area contributed by atoms with E-state index < -0.39 is 0 Å². The Morgan fingerprint density at radius 2 is 1.74 bits per heavy atom. The predicted octanol–water partition coefficient (Wildman–Crippen LogP) is 2.72. The first-order chi connectivity index (χ1) is 13.3. The number of likely N-dealkylation sites (tertiary alicyclic amines) is 1. The fraction of sp³-hybridized carbons (Fsp3) is 0.591. The molecule has 0 amide bonds. The van der Waals surface area contributed by atoms with Gasteiger partial charge in [0.05, 0.1) is 6.61 Å². The van der Waals surface area contributed by atoms with E-state index in [0.717, 1.165) is 51.1 Å². The second kappa shape index (κ2) is 9.00. The summed E-state index contributed by atoms with van der Waals surface area (Å²) in [5.74, 6) is 2.00. The van der Waals surface area contributed by atoms with E-state index >= 15 is 0 Å². The van der Waals surface area contributed by atoms with Gasteiger partial charge in [0.25, 0.3) is 0 Å². The van der Waals surface area contributed by atoms with Gasteiger partial charge in [-0.15, -0.1) is 0 Å². The van der Waals surface area contributed by atoms with Crippen molar-refractivity contribution in [1.82, 2.24) is 14.8 Å². The van der Waals surface area contributed by atoms with E-state index in [1.54, 1.807) is 7.11 Å². The summed E-state index contributed by atoms with van der Waals surface area (Å²) in [7, 11) is 1.79. The van der Waals surface area contributed by atoms with E-state index in [4.69, 9.17) is 9.72 Å². The first-order valence-corrected chi connectivity index (χ1v) is 10.4. The van der Waals surface area contributed by atoms with E-state index in [0.29, 0.717) is 0 Å². The summed E-state index contributed by atoms with van der Waals surface area (Å²) in [5, 5.41) is 2.56. The van der Waals surface area contributed by atoms with Gasteiger partial charge in [0.1, 0.15) is 5.82 Å². The lowest BCUT2D eigenvalue weighted by Gasteiger charge is -2.39. The summed E-state index contributed by atoms with van der Waals surface area (Å²) in [4.78, 5) is 12.4. The van der Waals surface area contributed by atoms with Crippen molar-refractivity contribution in [3.63, 3.8) is 0 Å². The Morgan fingerprint density at radius 3 is 2.52 bits per heavy atom. The van der Waals surface area contributed by atoms with Crippen LogP contribution in [0.25, 0.3) is 10.8 Å². The maximum Gasteiger partial charge on any atom is 0.136 e. The summed E-state index contributed by atoms with van der Waals surface area (Å²) in [5.41, 5.74) is 0. The number of ether oxygens (including phenoxy) is 1. The molecule has 1 aromatic heterocycles. The lowest BCUT2D eigenvalue weighted by molar-refractivity contribution is 0.105. The van der Waals surface area contributed by atoms with Crippen LogP contribution in [0.15, 0.2) is 36.5 Å². The SMILES string of the molecule is COCCN1CCC(CN2CCN(c3nccc4ccccc34)CC2)CC1. The zero-order valence-corrected chi connectivity index (χ0v) is 16.5. The molecular weight excluding hydrogens is 336 g/mol. The van der Waals surface area contributed by atoms with Crippen LogP contribution in [0.1, 0.15) is 12.8 Å². The highest BCUT2D eigenvalue weighted by Crippen LogP contribution is 2.25.